The Balaban J connectivity index is 1.12. The summed E-state index contributed by atoms with van der Waals surface area (Å²) in [6.45, 7) is 15.0. The lowest BCUT2D eigenvalue weighted by atomic mass is 9.88. The molecule has 4 atom stereocenters. The lowest BCUT2D eigenvalue weighted by molar-refractivity contribution is 0.104. The summed E-state index contributed by atoms with van der Waals surface area (Å²) in [5.74, 6) is 1.13. The van der Waals surface area contributed by atoms with Crippen LogP contribution in [0.1, 0.15) is 72.0 Å². The average molecular weight is 783 g/mol. The number of nitrogens with one attached hydrogen (secondary N) is 3. The van der Waals surface area contributed by atoms with Crippen molar-refractivity contribution in [2.45, 2.75) is 76.8 Å². The summed E-state index contributed by atoms with van der Waals surface area (Å²) in [4.78, 5) is 11.7. The number of fused-ring (bicyclic) bond motifs is 1. The van der Waals surface area contributed by atoms with Crippen LogP contribution in [-0.4, -0.2) is 59.9 Å². The number of likely N-dealkylation sites (tertiary alicyclic amines) is 1. The van der Waals surface area contributed by atoms with Crippen LogP contribution in [0.2, 0.25) is 0 Å². The lowest BCUT2D eigenvalue weighted by Crippen LogP contribution is -2.33. The Morgan fingerprint density at radius 1 is 1.04 bits per heavy atom. The van der Waals surface area contributed by atoms with Gasteiger partial charge in [-0.3, -0.25) is 4.90 Å². The SMILES string of the molecule is C=C1CCC(CNCc2ccc(-c3cccc(-c4cccc5c4CC[C@@H]5Nc4nc(OC)c(CN5CC[C@@](C)(C(=C)O)C5)cc4C(F)(F)P)c3C)nc2OC)N1. The summed E-state index contributed by atoms with van der Waals surface area (Å²) in [6.07, 6.45) is 4.32. The summed E-state index contributed by atoms with van der Waals surface area (Å²) in [5.41, 5.74) is 6.18. The molecule has 2 aliphatic heterocycles. The number of halogens is 2. The van der Waals surface area contributed by atoms with Gasteiger partial charge in [0.1, 0.15) is 5.82 Å². The Kier molecular flexibility index (Phi) is 11.4. The largest absolute Gasteiger partial charge is 0.512 e. The molecule has 2 aromatic carbocycles. The maximum absolute atomic E-state index is 15.3. The number of nitrogens with zero attached hydrogens (tertiary/aromatic N) is 3. The highest BCUT2D eigenvalue weighted by atomic mass is 31.0. The number of methoxy groups -OCH3 is 2. The first-order valence-electron chi connectivity index (χ1n) is 19.3. The minimum Gasteiger partial charge on any atom is -0.512 e. The van der Waals surface area contributed by atoms with Gasteiger partial charge < -0.3 is 30.5 Å². The minimum atomic E-state index is -3.23. The molecule has 0 spiro atoms. The van der Waals surface area contributed by atoms with E-state index in [2.05, 4.69) is 88.4 Å². The maximum atomic E-state index is 15.3. The first-order valence-corrected chi connectivity index (χ1v) is 19.9. The summed E-state index contributed by atoms with van der Waals surface area (Å²) in [5, 5.41) is 20.5. The molecule has 0 bridgehead atoms. The van der Waals surface area contributed by atoms with Crippen molar-refractivity contribution in [1.82, 2.24) is 25.5 Å². The molecule has 12 heteroatoms. The third-order valence-corrected chi connectivity index (χ3v) is 12.1. The van der Waals surface area contributed by atoms with E-state index in [0.717, 1.165) is 83.4 Å². The van der Waals surface area contributed by atoms with Gasteiger partial charge in [0.05, 0.1) is 37.3 Å². The zero-order valence-electron chi connectivity index (χ0n) is 32.8. The van der Waals surface area contributed by atoms with Crippen molar-refractivity contribution in [3.63, 3.8) is 0 Å². The standard InChI is InChI=1S/C44H53F2N6O3P/c1-26-13-15-31(48-26)23-47-22-29-14-17-38(50-41(29)54-5)33-10-7-9-32(27(33)2)34-11-8-12-36-35(34)16-18-39(36)49-40-37(44(45,46)56)21-30(42(51-40)55-6)24-52-20-19-43(4,25-52)28(3)53/h7-12,14,17,21,31,39,47-48,53H,1,3,13,15-16,18-20,22-25,56H2,2,4-6H3,(H,49,51)/t31?,39-,43+/m0/s1. The van der Waals surface area contributed by atoms with E-state index < -0.39 is 11.1 Å². The first-order chi connectivity index (χ1) is 26.8. The van der Waals surface area contributed by atoms with Crippen molar-refractivity contribution in [2.24, 2.45) is 5.41 Å². The van der Waals surface area contributed by atoms with Crippen molar-refractivity contribution >= 4 is 15.1 Å². The summed E-state index contributed by atoms with van der Waals surface area (Å²) in [6, 6.07) is 18.3. The maximum Gasteiger partial charge on any atom is 0.287 e. The van der Waals surface area contributed by atoms with Gasteiger partial charge in [-0.05, 0) is 85.5 Å². The molecule has 4 N–H and O–H groups in total. The Hall–Kier alpha value is -4.57. The van der Waals surface area contributed by atoms with E-state index in [4.69, 9.17) is 14.5 Å². The molecule has 7 rings (SSSR count). The van der Waals surface area contributed by atoms with Crippen LogP contribution in [0.5, 0.6) is 11.8 Å². The van der Waals surface area contributed by atoms with Crippen molar-refractivity contribution in [1.29, 1.82) is 0 Å². The number of ether oxygens (including phenoxy) is 2. The normalized spacial score (nSPS) is 20.9. The fourth-order valence-electron chi connectivity index (χ4n) is 8.53. The predicted molar refractivity (Wildman–Crippen MR) is 222 cm³/mol. The van der Waals surface area contributed by atoms with E-state index in [-0.39, 0.29) is 23.2 Å². The highest BCUT2D eigenvalue weighted by Gasteiger charge is 2.38. The monoisotopic (exact) mass is 782 g/mol. The number of pyridine rings is 2. The molecule has 56 heavy (non-hydrogen) atoms. The lowest BCUT2D eigenvalue weighted by Gasteiger charge is -2.25. The van der Waals surface area contributed by atoms with Crippen LogP contribution in [0.15, 0.2) is 79.2 Å². The van der Waals surface area contributed by atoms with Crippen molar-refractivity contribution < 1.29 is 23.4 Å². The smallest absolute Gasteiger partial charge is 0.287 e. The number of hydrogen-bond acceptors (Lipinski definition) is 9. The molecule has 2 fully saturated rings. The number of aromatic nitrogens is 2. The number of hydrogen-bond donors (Lipinski definition) is 4. The molecule has 0 radical (unpaired) electrons. The fraction of sp³-hybridized carbons (Fsp3) is 0.409. The summed E-state index contributed by atoms with van der Waals surface area (Å²) < 4.78 is 42.0. The van der Waals surface area contributed by atoms with Crippen LogP contribution in [0.4, 0.5) is 14.6 Å². The number of rotatable bonds is 14. The van der Waals surface area contributed by atoms with Crippen molar-refractivity contribution in [2.75, 3.05) is 39.2 Å². The summed E-state index contributed by atoms with van der Waals surface area (Å²) in [7, 11) is 4.84. The summed E-state index contributed by atoms with van der Waals surface area (Å²) >= 11 is 0. The second-order valence-electron chi connectivity index (χ2n) is 15.7. The first kappa shape index (κ1) is 39.7. The van der Waals surface area contributed by atoms with Crippen LogP contribution in [0.25, 0.3) is 22.4 Å². The Morgan fingerprint density at radius 3 is 2.46 bits per heavy atom. The van der Waals surface area contributed by atoms with Crippen molar-refractivity contribution in [3.05, 3.63) is 113 Å². The molecule has 3 aliphatic rings. The number of allylic oxidation sites excluding steroid dienone is 1. The molecule has 4 aromatic rings. The van der Waals surface area contributed by atoms with Crippen LogP contribution in [0, 0.1) is 12.3 Å². The molecule has 1 aliphatic carbocycles. The van der Waals surface area contributed by atoms with Gasteiger partial charge in [-0.25, -0.2) is 4.98 Å². The third kappa shape index (κ3) is 8.13. The Bertz CT molecular complexity index is 2140. The number of alkyl halides is 2. The van der Waals surface area contributed by atoms with Gasteiger partial charge in [0.15, 0.2) is 0 Å². The topological polar surface area (TPSA) is 104 Å². The molecular weight excluding hydrogens is 729 g/mol. The fourth-order valence-corrected chi connectivity index (χ4v) is 8.75. The quantitative estimate of drug-likeness (QED) is 0.0739. The zero-order valence-corrected chi connectivity index (χ0v) is 33.9. The highest BCUT2D eigenvalue weighted by molar-refractivity contribution is 7.17. The second-order valence-corrected chi connectivity index (χ2v) is 16.4. The molecule has 2 saturated heterocycles. The van der Waals surface area contributed by atoms with Gasteiger partial charge >= 0.3 is 0 Å². The molecule has 0 amide bonds. The van der Waals surface area contributed by atoms with Crippen LogP contribution in [-0.2, 0) is 25.2 Å². The van der Waals surface area contributed by atoms with Crippen molar-refractivity contribution in [3.8, 4) is 34.1 Å². The number of aliphatic hydroxyl groups excluding tert-OH is 1. The molecule has 9 nitrogen and oxygen atoms in total. The molecule has 0 saturated carbocycles. The van der Waals surface area contributed by atoms with Gasteiger partial charge in [0, 0.05) is 60.0 Å². The van der Waals surface area contributed by atoms with Crippen LogP contribution >= 0.6 is 9.24 Å². The van der Waals surface area contributed by atoms with Crippen LogP contribution in [0.3, 0.4) is 0 Å². The minimum absolute atomic E-state index is 0.0989. The molecule has 4 heterocycles. The van der Waals surface area contributed by atoms with Gasteiger partial charge in [-0.1, -0.05) is 71.8 Å². The van der Waals surface area contributed by atoms with E-state index >= 15 is 8.78 Å². The number of benzene rings is 2. The number of anilines is 1. The molecule has 2 aromatic heterocycles. The van der Waals surface area contributed by atoms with Gasteiger partial charge in [-0.15, -0.1) is 0 Å². The second kappa shape index (κ2) is 16.1. The third-order valence-electron chi connectivity index (χ3n) is 11.8. The van der Waals surface area contributed by atoms with Crippen LogP contribution < -0.4 is 25.4 Å². The van der Waals surface area contributed by atoms with Gasteiger partial charge in [-0.2, -0.15) is 13.8 Å². The average Bonchev–Trinajstić information content (AvgIpc) is 3.90. The highest BCUT2D eigenvalue weighted by Crippen LogP contribution is 2.46. The Labute approximate surface area is 331 Å². The van der Waals surface area contributed by atoms with E-state index in [1.807, 2.05) is 13.0 Å². The van der Waals surface area contributed by atoms with E-state index in [1.54, 1.807) is 16.3 Å². The van der Waals surface area contributed by atoms with Gasteiger partial charge in [0.2, 0.25) is 11.8 Å². The molecule has 2 unspecified atom stereocenters. The predicted octanol–water partition coefficient (Wildman–Crippen LogP) is 8.80. The zero-order chi connectivity index (χ0) is 39.8. The number of aliphatic hydroxyl groups is 1. The molecule has 296 valence electrons. The Morgan fingerprint density at radius 2 is 1.77 bits per heavy atom. The van der Waals surface area contributed by atoms with Gasteiger partial charge in [0.25, 0.3) is 5.66 Å². The molecular formula is C44H53F2N6O3P. The van der Waals surface area contributed by atoms with E-state index in [9.17, 15) is 5.11 Å². The van der Waals surface area contributed by atoms with E-state index in [0.29, 0.717) is 49.5 Å². The van der Waals surface area contributed by atoms with E-state index in [1.165, 1.54) is 18.7 Å².